The van der Waals surface area contributed by atoms with Crippen molar-refractivity contribution < 1.29 is 14.6 Å². The Kier molecular flexibility index (Phi) is 4.96. The summed E-state index contributed by atoms with van der Waals surface area (Å²) in [5.74, 6) is 1.39. The Morgan fingerprint density at radius 3 is 2.60 bits per heavy atom. The van der Waals surface area contributed by atoms with Crippen LogP contribution in [0.15, 0.2) is 42.7 Å². The molecule has 1 heterocycles. The Morgan fingerprint density at radius 2 is 1.95 bits per heavy atom. The molecule has 0 radical (unpaired) electrons. The first-order chi connectivity index (χ1) is 9.76. The van der Waals surface area contributed by atoms with E-state index in [0.717, 1.165) is 17.7 Å². The quantitative estimate of drug-likeness (QED) is 0.879. The Balaban J connectivity index is 2.18. The normalized spacial score (nSPS) is 11.9. The molecule has 1 unspecified atom stereocenters. The van der Waals surface area contributed by atoms with Crippen LogP contribution in [-0.4, -0.2) is 23.8 Å². The maximum atomic E-state index is 10.4. The summed E-state index contributed by atoms with van der Waals surface area (Å²) in [5, 5.41) is 10.4. The van der Waals surface area contributed by atoms with Crippen LogP contribution in [0.5, 0.6) is 11.5 Å². The van der Waals surface area contributed by atoms with Gasteiger partial charge in [0.1, 0.15) is 17.6 Å². The van der Waals surface area contributed by atoms with E-state index in [9.17, 15) is 5.11 Å². The number of nitrogens with zero attached hydrogens (tertiary/aromatic N) is 1. The van der Waals surface area contributed by atoms with Crippen LogP contribution in [0.2, 0.25) is 0 Å². The maximum absolute atomic E-state index is 10.4. The van der Waals surface area contributed by atoms with Gasteiger partial charge in [-0.2, -0.15) is 0 Å². The summed E-state index contributed by atoms with van der Waals surface area (Å²) in [6, 6.07) is 9.19. The number of hydrogen-bond acceptors (Lipinski definition) is 4. The molecule has 1 N–H and O–H groups in total. The van der Waals surface area contributed by atoms with E-state index in [1.54, 1.807) is 25.6 Å². The minimum absolute atomic E-state index is 0.575. The van der Waals surface area contributed by atoms with Gasteiger partial charge >= 0.3 is 0 Å². The van der Waals surface area contributed by atoms with Crippen LogP contribution < -0.4 is 9.47 Å². The van der Waals surface area contributed by atoms with E-state index < -0.39 is 6.10 Å². The highest BCUT2D eigenvalue weighted by atomic mass is 16.5. The Bertz CT molecular complexity index is 540. The zero-order valence-corrected chi connectivity index (χ0v) is 11.7. The van der Waals surface area contributed by atoms with Crippen LogP contribution >= 0.6 is 0 Å². The molecule has 0 fully saturated rings. The number of ether oxygens (including phenoxy) is 2. The third-order valence-electron chi connectivity index (χ3n) is 3.00. The minimum Gasteiger partial charge on any atom is -0.495 e. The molecule has 106 valence electrons. The van der Waals surface area contributed by atoms with Crippen LogP contribution in [0.25, 0.3) is 0 Å². The second kappa shape index (κ2) is 6.91. The van der Waals surface area contributed by atoms with E-state index in [0.29, 0.717) is 17.9 Å². The summed E-state index contributed by atoms with van der Waals surface area (Å²) in [6.45, 7) is 2.76. The first-order valence-electron chi connectivity index (χ1n) is 6.65. The van der Waals surface area contributed by atoms with Crippen molar-refractivity contribution in [1.29, 1.82) is 0 Å². The Labute approximate surface area is 119 Å². The first-order valence-corrected chi connectivity index (χ1v) is 6.65. The van der Waals surface area contributed by atoms with Gasteiger partial charge in [0.25, 0.3) is 0 Å². The lowest BCUT2D eigenvalue weighted by Crippen LogP contribution is -2.03. The number of benzene rings is 1. The number of pyridine rings is 1. The molecule has 0 amide bonds. The van der Waals surface area contributed by atoms with Crippen molar-refractivity contribution in [2.75, 3.05) is 13.7 Å². The van der Waals surface area contributed by atoms with Gasteiger partial charge in [0.15, 0.2) is 0 Å². The number of hydrogen-bond donors (Lipinski definition) is 1. The van der Waals surface area contributed by atoms with Gasteiger partial charge in [-0.15, -0.1) is 0 Å². The van der Waals surface area contributed by atoms with E-state index in [1.165, 1.54) is 0 Å². The lowest BCUT2D eigenvalue weighted by atomic mass is 10.0. The number of rotatable bonds is 6. The van der Waals surface area contributed by atoms with Crippen molar-refractivity contribution in [1.82, 2.24) is 4.98 Å². The highest BCUT2D eigenvalue weighted by Crippen LogP contribution is 2.29. The fourth-order valence-corrected chi connectivity index (χ4v) is 1.93. The number of aliphatic hydroxyl groups is 1. The van der Waals surface area contributed by atoms with Crippen LogP contribution in [-0.2, 0) is 0 Å². The van der Waals surface area contributed by atoms with E-state index in [-0.39, 0.29) is 0 Å². The van der Waals surface area contributed by atoms with Gasteiger partial charge in [-0.05, 0) is 30.2 Å². The van der Waals surface area contributed by atoms with Gasteiger partial charge in [-0.3, -0.25) is 4.98 Å². The number of aliphatic hydroxyl groups excluding tert-OH is 1. The molecule has 0 spiro atoms. The van der Waals surface area contributed by atoms with Crippen LogP contribution in [0.1, 0.15) is 30.6 Å². The first kappa shape index (κ1) is 14.3. The van der Waals surface area contributed by atoms with E-state index in [1.807, 2.05) is 24.3 Å². The van der Waals surface area contributed by atoms with Crippen molar-refractivity contribution in [2.24, 2.45) is 0 Å². The van der Waals surface area contributed by atoms with E-state index in [2.05, 4.69) is 11.9 Å². The Morgan fingerprint density at radius 1 is 1.20 bits per heavy atom. The molecule has 20 heavy (non-hydrogen) atoms. The van der Waals surface area contributed by atoms with Crippen LogP contribution in [0.3, 0.4) is 0 Å². The lowest BCUT2D eigenvalue weighted by Gasteiger charge is -2.15. The molecular formula is C16H19NO3. The SMILES string of the molecule is CCCOc1ccc(C(O)c2ccncc2OC)cc1. The van der Waals surface area contributed by atoms with Gasteiger partial charge in [-0.1, -0.05) is 19.1 Å². The van der Waals surface area contributed by atoms with Crippen molar-refractivity contribution in [3.63, 3.8) is 0 Å². The summed E-state index contributed by atoms with van der Waals surface area (Å²) in [5.41, 5.74) is 1.49. The average Bonchev–Trinajstić information content (AvgIpc) is 2.52. The lowest BCUT2D eigenvalue weighted by molar-refractivity contribution is 0.214. The average molecular weight is 273 g/mol. The smallest absolute Gasteiger partial charge is 0.143 e. The summed E-state index contributed by atoms with van der Waals surface area (Å²) >= 11 is 0. The van der Waals surface area contributed by atoms with Gasteiger partial charge < -0.3 is 14.6 Å². The van der Waals surface area contributed by atoms with Gasteiger partial charge in [0.05, 0.1) is 19.9 Å². The third-order valence-corrected chi connectivity index (χ3v) is 3.00. The predicted molar refractivity (Wildman–Crippen MR) is 77.1 cm³/mol. The van der Waals surface area contributed by atoms with Crippen molar-refractivity contribution in [2.45, 2.75) is 19.4 Å². The molecule has 0 saturated heterocycles. The van der Waals surface area contributed by atoms with E-state index >= 15 is 0 Å². The van der Waals surface area contributed by atoms with Gasteiger partial charge in [-0.25, -0.2) is 0 Å². The summed E-state index contributed by atoms with van der Waals surface area (Å²) in [7, 11) is 1.56. The van der Waals surface area contributed by atoms with Gasteiger partial charge in [0.2, 0.25) is 0 Å². The topological polar surface area (TPSA) is 51.6 Å². The largest absolute Gasteiger partial charge is 0.495 e. The molecule has 4 heteroatoms. The molecule has 2 aromatic rings. The van der Waals surface area contributed by atoms with Crippen LogP contribution in [0.4, 0.5) is 0 Å². The second-order valence-electron chi connectivity index (χ2n) is 4.44. The highest BCUT2D eigenvalue weighted by molar-refractivity contribution is 5.39. The molecule has 0 bridgehead atoms. The third kappa shape index (κ3) is 3.27. The number of aromatic nitrogens is 1. The molecule has 1 aromatic carbocycles. The predicted octanol–water partition coefficient (Wildman–Crippen LogP) is 2.96. The summed E-state index contributed by atoms with van der Waals surface area (Å²) in [4.78, 5) is 3.98. The van der Waals surface area contributed by atoms with E-state index in [4.69, 9.17) is 9.47 Å². The summed E-state index contributed by atoms with van der Waals surface area (Å²) < 4.78 is 10.7. The molecule has 1 aromatic heterocycles. The minimum atomic E-state index is -0.742. The maximum Gasteiger partial charge on any atom is 0.143 e. The van der Waals surface area contributed by atoms with Gasteiger partial charge in [0, 0.05) is 11.8 Å². The molecule has 0 aliphatic rings. The second-order valence-corrected chi connectivity index (χ2v) is 4.44. The molecule has 0 aliphatic carbocycles. The fraction of sp³-hybridized carbons (Fsp3) is 0.312. The molecule has 4 nitrogen and oxygen atoms in total. The van der Waals surface area contributed by atoms with Crippen LogP contribution in [0, 0.1) is 0 Å². The molecule has 0 saturated carbocycles. The monoisotopic (exact) mass is 273 g/mol. The highest BCUT2D eigenvalue weighted by Gasteiger charge is 2.15. The van der Waals surface area contributed by atoms with Crippen molar-refractivity contribution in [3.05, 3.63) is 53.9 Å². The molecule has 2 rings (SSSR count). The number of methoxy groups -OCH3 is 1. The summed E-state index contributed by atoms with van der Waals surface area (Å²) in [6.07, 6.45) is 3.46. The zero-order valence-electron chi connectivity index (χ0n) is 11.7. The molecular weight excluding hydrogens is 254 g/mol. The fourth-order valence-electron chi connectivity index (χ4n) is 1.93. The molecule has 0 aliphatic heterocycles. The van der Waals surface area contributed by atoms with Crippen molar-refractivity contribution >= 4 is 0 Å². The zero-order chi connectivity index (χ0) is 14.4. The molecule has 1 atom stereocenters. The van der Waals surface area contributed by atoms with Crippen molar-refractivity contribution in [3.8, 4) is 11.5 Å². The standard InChI is InChI=1S/C16H19NO3/c1-3-10-20-13-6-4-12(5-7-13)16(18)14-8-9-17-11-15(14)19-2/h4-9,11,16,18H,3,10H2,1-2H3. The Hall–Kier alpha value is -2.07.